The van der Waals surface area contributed by atoms with Crippen LogP contribution in [0.5, 0.6) is 0 Å². The van der Waals surface area contributed by atoms with Crippen molar-refractivity contribution in [2.45, 2.75) is 25.7 Å². The zero-order valence-corrected chi connectivity index (χ0v) is 14.3. The second kappa shape index (κ2) is 7.83. The third-order valence-electron chi connectivity index (χ3n) is 3.42. The predicted octanol–water partition coefficient (Wildman–Crippen LogP) is 3.99. The molecular weight excluding hydrogens is 308 g/mol. The van der Waals surface area contributed by atoms with Crippen LogP contribution in [0.4, 0.5) is 11.4 Å². The molecular formula is C18H20N2O2S. The van der Waals surface area contributed by atoms with Crippen LogP contribution in [-0.4, -0.2) is 17.6 Å². The maximum atomic E-state index is 12.1. The second-order valence-corrected chi connectivity index (χ2v) is 6.34. The molecule has 2 amide bonds. The molecule has 2 N–H and O–H groups in total. The summed E-state index contributed by atoms with van der Waals surface area (Å²) in [5.41, 5.74) is 3.85. The van der Waals surface area contributed by atoms with Crippen LogP contribution in [0.1, 0.15) is 18.1 Å². The van der Waals surface area contributed by atoms with E-state index in [4.69, 9.17) is 0 Å². The molecule has 0 atom stereocenters. The van der Waals surface area contributed by atoms with E-state index >= 15 is 0 Å². The quantitative estimate of drug-likeness (QED) is 0.816. The fourth-order valence-corrected chi connectivity index (χ4v) is 2.76. The van der Waals surface area contributed by atoms with Gasteiger partial charge in [0.15, 0.2) is 0 Å². The van der Waals surface area contributed by atoms with Gasteiger partial charge in [0.1, 0.15) is 0 Å². The Labute approximate surface area is 140 Å². The Kier molecular flexibility index (Phi) is 5.82. The summed E-state index contributed by atoms with van der Waals surface area (Å²) >= 11 is 1.46. The number of hydrogen-bond acceptors (Lipinski definition) is 3. The van der Waals surface area contributed by atoms with Crippen molar-refractivity contribution < 1.29 is 9.59 Å². The lowest BCUT2D eigenvalue weighted by Gasteiger charge is -2.10. The highest BCUT2D eigenvalue weighted by Crippen LogP contribution is 2.22. The van der Waals surface area contributed by atoms with Crippen LogP contribution in [-0.2, 0) is 9.59 Å². The number of nitrogens with one attached hydrogen (secondary N) is 2. The Bertz CT molecular complexity index is 711. The van der Waals surface area contributed by atoms with Crippen molar-refractivity contribution in [2.24, 2.45) is 0 Å². The van der Waals surface area contributed by atoms with Gasteiger partial charge in [0, 0.05) is 23.2 Å². The lowest BCUT2D eigenvalue weighted by molar-refractivity contribution is -0.114. The summed E-state index contributed by atoms with van der Waals surface area (Å²) < 4.78 is 0. The van der Waals surface area contributed by atoms with Crippen molar-refractivity contribution in [3.05, 3.63) is 53.6 Å². The van der Waals surface area contributed by atoms with Crippen molar-refractivity contribution >= 4 is 35.0 Å². The Morgan fingerprint density at radius 3 is 2.35 bits per heavy atom. The van der Waals surface area contributed by atoms with Gasteiger partial charge in [-0.3, -0.25) is 9.59 Å². The van der Waals surface area contributed by atoms with Crippen LogP contribution in [0.3, 0.4) is 0 Å². The van der Waals surface area contributed by atoms with E-state index in [1.165, 1.54) is 18.7 Å². The fourth-order valence-electron chi connectivity index (χ4n) is 2.06. The van der Waals surface area contributed by atoms with E-state index in [9.17, 15) is 9.59 Å². The summed E-state index contributed by atoms with van der Waals surface area (Å²) in [6.45, 7) is 5.50. The van der Waals surface area contributed by atoms with Gasteiger partial charge >= 0.3 is 0 Å². The highest BCUT2D eigenvalue weighted by Gasteiger charge is 2.07. The summed E-state index contributed by atoms with van der Waals surface area (Å²) in [6.07, 6.45) is 0. The van der Waals surface area contributed by atoms with Gasteiger partial charge in [0.05, 0.1) is 5.75 Å². The van der Waals surface area contributed by atoms with Gasteiger partial charge in [-0.1, -0.05) is 12.1 Å². The van der Waals surface area contributed by atoms with E-state index in [2.05, 4.69) is 10.6 Å². The van der Waals surface area contributed by atoms with Crippen molar-refractivity contribution in [1.29, 1.82) is 0 Å². The zero-order valence-electron chi connectivity index (χ0n) is 13.5. The molecule has 0 aromatic heterocycles. The number of aryl methyl sites for hydroxylation is 1. The minimum Gasteiger partial charge on any atom is -0.326 e. The molecule has 2 rings (SSSR count). The summed E-state index contributed by atoms with van der Waals surface area (Å²) in [5.74, 6) is 0.209. The van der Waals surface area contributed by atoms with Crippen LogP contribution in [0.15, 0.2) is 47.4 Å². The molecule has 5 heteroatoms. The summed E-state index contributed by atoms with van der Waals surface area (Å²) in [7, 11) is 0. The molecule has 120 valence electrons. The molecule has 0 aliphatic carbocycles. The van der Waals surface area contributed by atoms with E-state index in [1.807, 2.05) is 56.3 Å². The molecule has 2 aromatic carbocycles. The van der Waals surface area contributed by atoms with Gasteiger partial charge < -0.3 is 10.6 Å². The molecule has 0 heterocycles. The molecule has 0 fully saturated rings. The first-order chi connectivity index (χ1) is 11.0. The zero-order chi connectivity index (χ0) is 16.8. The van der Waals surface area contributed by atoms with Crippen molar-refractivity contribution in [3.63, 3.8) is 0 Å². The fraction of sp³-hybridized carbons (Fsp3) is 0.222. The lowest BCUT2D eigenvalue weighted by Crippen LogP contribution is -2.15. The number of benzene rings is 2. The van der Waals surface area contributed by atoms with Crippen molar-refractivity contribution in [2.75, 3.05) is 16.4 Å². The molecule has 23 heavy (non-hydrogen) atoms. The van der Waals surface area contributed by atoms with Crippen LogP contribution in [0.2, 0.25) is 0 Å². The molecule has 4 nitrogen and oxygen atoms in total. The molecule has 0 bridgehead atoms. The second-order valence-electron chi connectivity index (χ2n) is 5.29. The Morgan fingerprint density at radius 2 is 1.70 bits per heavy atom. The predicted molar refractivity (Wildman–Crippen MR) is 96.0 cm³/mol. The number of carbonyl (C=O) groups is 2. The Morgan fingerprint density at radius 1 is 1.00 bits per heavy atom. The van der Waals surface area contributed by atoms with Gasteiger partial charge in [-0.15, -0.1) is 11.8 Å². The molecule has 0 spiro atoms. The monoisotopic (exact) mass is 328 g/mol. The van der Waals surface area contributed by atoms with Gasteiger partial charge in [-0.05, 0) is 55.3 Å². The van der Waals surface area contributed by atoms with Crippen LogP contribution < -0.4 is 10.6 Å². The third kappa shape index (κ3) is 5.14. The average molecular weight is 328 g/mol. The number of rotatable bonds is 5. The van der Waals surface area contributed by atoms with Gasteiger partial charge in [0.25, 0.3) is 0 Å². The van der Waals surface area contributed by atoms with Crippen molar-refractivity contribution in [1.82, 2.24) is 0 Å². The molecule has 0 saturated carbocycles. The molecule has 0 aliphatic rings. The Balaban J connectivity index is 1.89. The number of thioether (sulfide) groups is 1. The normalized spacial score (nSPS) is 10.2. The van der Waals surface area contributed by atoms with Gasteiger partial charge in [-0.2, -0.15) is 0 Å². The highest BCUT2D eigenvalue weighted by atomic mass is 32.2. The van der Waals surface area contributed by atoms with E-state index in [0.717, 1.165) is 27.4 Å². The molecule has 0 saturated heterocycles. The average Bonchev–Trinajstić information content (AvgIpc) is 2.51. The highest BCUT2D eigenvalue weighted by molar-refractivity contribution is 8.00. The number of carbonyl (C=O) groups excluding carboxylic acids is 2. The standard InChI is InChI=1S/C18H20N2O2S/c1-12-5-4-6-17(13(12)2)20-18(22)11-23-16-9-7-15(8-10-16)19-14(3)21/h4-10H,11H2,1-3H3,(H,19,21)(H,20,22). The van der Waals surface area contributed by atoms with E-state index < -0.39 is 0 Å². The van der Waals surface area contributed by atoms with Crippen LogP contribution in [0, 0.1) is 13.8 Å². The van der Waals surface area contributed by atoms with E-state index in [-0.39, 0.29) is 11.8 Å². The summed E-state index contributed by atoms with van der Waals surface area (Å²) in [5, 5.41) is 5.66. The van der Waals surface area contributed by atoms with Crippen LogP contribution in [0.25, 0.3) is 0 Å². The summed E-state index contributed by atoms with van der Waals surface area (Å²) in [4.78, 5) is 24.0. The minimum absolute atomic E-state index is 0.0327. The molecule has 0 radical (unpaired) electrons. The largest absolute Gasteiger partial charge is 0.326 e. The molecule has 0 unspecified atom stereocenters. The van der Waals surface area contributed by atoms with E-state index in [0.29, 0.717) is 5.75 Å². The topological polar surface area (TPSA) is 58.2 Å². The van der Waals surface area contributed by atoms with Gasteiger partial charge in [0.2, 0.25) is 11.8 Å². The summed E-state index contributed by atoms with van der Waals surface area (Å²) in [6, 6.07) is 13.3. The molecule has 2 aromatic rings. The number of amides is 2. The maximum Gasteiger partial charge on any atom is 0.234 e. The minimum atomic E-state index is -0.0988. The maximum absolute atomic E-state index is 12.1. The van der Waals surface area contributed by atoms with E-state index in [1.54, 1.807) is 0 Å². The van der Waals surface area contributed by atoms with Crippen molar-refractivity contribution in [3.8, 4) is 0 Å². The van der Waals surface area contributed by atoms with Gasteiger partial charge in [-0.25, -0.2) is 0 Å². The first-order valence-electron chi connectivity index (χ1n) is 7.32. The Hall–Kier alpha value is -2.27. The first-order valence-corrected chi connectivity index (χ1v) is 8.31. The third-order valence-corrected chi connectivity index (χ3v) is 4.44. The first kappa shape index (κ1) is 17.1. The van der Waals surface area contributed by atoms with Crippen LogP contribution >= 0.6 is 11.8 Å². The molecule has 0 aliphatic heterocycles. The lowest BCUT2D eigenvalue weighted by atomic mass is 10.1. The number of hydrogen-bond donors (Lipinski definition) is 2. The SMILES string of the molecule is CC(=O)Nc1ccc(SCC(=O)Nc2cccc(C)c2C)cc1. The smallest absolute Gasteiger partial charge is 0.234 e. The number of anilines is 2.